The molecule has 0 saturated heterocycles. The van der Waals surface area contributed by atoms with Gasteiger partial charge in [0.25, 0.3) is 0 Å². The standard InChI is InChI=1S/C18H24N6O/c1-4-25-14-7-5-13(6-8-14)21-16-15(9-11-23(2)3)17(19)22-24-12-10-20-18(16)24/h5-8,10,12,21H,4,9,11H2,1-3H3,(H2,19,22). The molecule has 2 heterocycles. The van der Waals surface area contributed by atoms with E-state index < -0.39 is 0 Å². The van der Waals surface area contributed by atoms with E-state index in [2.05, 4.69) is 20.3 Å². The molecule has 0 spiro atoms. The van der Waals surface area contributed by atoms with Crippen LogP contribution in [0.3, 0.4) is 0 Å². The van der Waals surface area contributed by atoms with E-state index in [1.54, 1.807) is 16.9 Å². The van der Waals surface area contributed by atoms with Crippen molar-refractivity contribution >= 4 is 22.8 Å². The summed E-state index contributed by atoms with van der Waals surface area (Å²) in [5.74, 6) is 1.36. The monoisotopic (exact) mass is 340 g/mol. The van der Waals surface area contributed by atoms with Crippen LogP contribution in [0.2, 0.25) is 0 Å². The number of benzene rings is 1. The maximum Gasteiger partial charge on any atom is 0.177 e. The zero-order valence-electron chi connectivity index (χ0n) is 14.9. The first-order valence-electron chi connectivity index (χ1n) is 8.34. The SMILES string of the molecule is CCOc1ccc(Nc2c(CCN(C)C)c(N)nn3ccnc23)cc1. The Morgan fingerprint density at radius 1 is 1.24 bits per heavy atom. The average molecular weight is 340 g/mol. The van der Waals surface area contributed by atoms with Gasteiger partial charge in [0, 0.05) is 30.2 Å². The summed E-state index contributed by atoms with van der Waals surface area (Å²) in [6.45, 7) is 3.50. The number of nitrogen functional groups attached to an aromatic ring is 1. The summed E-state index contributed by atoms with van der Waals surface area (Å²) in [5.41, 5.74) is 9.79. The first-order valence-corrected chi connectivity index (χ1v) is 8.34. The zero-order chi connectivity index (χ0) is 17.8. The van der Waals surface area contributed by atoms with E-state index >= 15 is 0 Å². The van der Waals surface area contributed by atoms with Gasteiger partial charge in [0.2, 0.25) is 0 Å². The van der Waals surface area contributed by atoms with Gasteiger partial charge in [0.1, 0.15) is 11.6 Å². The fourth-order valence-corrected chi connectivity index (χ4v) is 2.66. The summed E-state index contributed by atoms with van der Waals surface area (Å²) < 4.78 is 7.20. The number of nitrogens with two attached hydrogens (primary N) is 1. The highest BCUT2D eigenvalue weighted by Gasteiger charge is 2.15. The number of hydrogen-bond acceptors (Lipinski definition) is 6. The van der Waals surface area contributed by atoms with E-state index in [9.17, 15) is 0 Å². The van der Waals surface area contributed by atoms with Crippen LogP contribution < -0.4 is 15.8 Å². The van der Waals surface area contributed by atoms with Crippen LogP contribution in [-0.2, 0) is 6.42 Å². The van der Waals surface area contributed by atoms with Gasteiger partial charge in [-0.15, -0.1) is 5.10 Å². The van der Waals surface area contributed by atoms with Crippen LogP contribution in [-0.4, -0.2) is 46.7 Å². The quantitative estimate of drug-likeness (QED) is 0.688. The Hall–Kier alpha value is -2.80. The molecule has 0 atom stereocenters. The molecule has 7 heteroatoms. The minimum Gasteiger partial charge on any atom is -0.494 e. The van der Waals surface area contributed by atoms with Crippen LogP contribution in [0.25, 0.3) is 5.65 Å². The highest BCUT2D eigenvalue weighted by molar-refractivity contribution is 5.80. The molecule has 3 N–H and O–H groups in total. The molecule has 0 aliphatic heterocycles. The zero-order valence-corrected chi connectivity index (χ0v) is 14.9. The molecule has 1 aromatic carbocycles. The molecule has 0 saturated carbocycles. The second-order valence-corrected chi connectivity index (χ2v) is 6.07. The van der Waals surface area contributed by atoms with Crippen LogP contribution in [0.15, 0.2) is 36.7 Å². The van der Waals surface area contributed by atoms with Crippen LogP contribution in [0.5, 0.6) is 5.75 Å². The summed E-state index contributed by atoms with van der Waals surface area (Å²) in [5, 5.41) is 7.87. The summed E-state index contributed by atoms with van der Waals surface area (Å²) in [6.07, 6.45) is 4.31. The van der Waals surface area contributed by atoms with E-state index in [1.165, 1.54) is 0 Å². The maximum absolute atomic E-state index is 6.21. The minimum atomic E-state index is 0.515. The lowest BCUT2D eigenvalue weighted by molar-refractivity contribution is 0.340. The van der Waals surface area contributed by atoms with Crippen LogP contribution in [0, 0.1) is 0 Å². The Kier molecular flexibility index (Phi) is 5.04. The number of aromatic nitrogens is 3. The Labute approximate surface area is 147 Å². The lowest BCUT2D eigenvalue weighted by Crippen LogP contribution is -2.17. The molecule has 7 nitrogen and oxygen atoms in total. The number of nitrogens with zero attached hydrogens (tertiary/aromatic N) is 4. The molecule has 3 rings (SSSR count). The van der Waals surface area contributed by atoms with Gasteiger partial charge in [0.05, 0.1) is 12.3 Å². The molecule has 0 fully saturated rings. The Balaban J connectivity index is 1.97. The van der Waals surface area contributed by atoms with Gasteiger partial charge in [0.15, 0.2) is 5.65 Å². The number of hydrogen-bond donors (Lipinski definition) is 2. The fourth-order valence-electron chi connectivity index (χ4n) is 2.66. The predicted octanol–water partition coefficient (Wildman–Crippen LogP) is 2.56. The molecule has 3 aromatic rings. The molecule has 0 aliphatic rings. The maximum atomic E-state index is 6.21. The fraction of sp³-hybridized carbons (Fsp3) is 0.333. The molecule has 25 heavy (non-hydrogen) atoms. The molecule has 0 radical (unpaired) electrons. The van der Waals surface area contributed by atoms with Gasteiger partial charge in [-0.25, -0.2) is 9.50 Å². The van der Waals surface area contributed by atoms with Gasteiger partial charge in [-0.1, -0.05) is 0 Å². The smallest absolute Gasteiger partial charge is 0.177 e. The molecule has 0 bridgehead atoms. The van der Waals surface area contributed by atoms with Crippen molar-refractivity contribution in [1.82, 2.24) is 19.5 Å². The summed E-state index contributed by atoms with van der Waals surface area (Å²) in [7, 11) is 4.08. The topological polar surface area (TPSA) is 80.7 Å². The second-order valence-electron chi connectivity index (χ2n) is 6.07. The highest BCUT2D eigenvalue weighted by Crippen LogP contribution is 2.29. The minimum absolute atomic E-state index is 0.515. The van der Waals surface area contributed by atoms with Crippen molar-refractivity contribution in [3.05, 3.63) is 42.2 Å². The van der Waals surface area contributed by atoms with Crippen molar-refractivity contribution in [2.24, 2.45) is 0 Å². The molecule has 0 aliphatic carbocycles. The first kappa shape index (κ1) is 17.0. The predicted molar refractivity (Wildman–Crippen MR) is 101 cm³/mol. The summed E-state index contributed by atoms with van der Waals surface area (Å²) in [4.78, 5) is 6.56. The van der Waals surface area contributed by atoms with E-state index in [4.69, 9.17) is 10.5 Å². The van der Waals surface area contributed by atoms with Crippen molar-refractivity contribution < 1.29 is 4.74 Å². The largest absolute Gasteiger partial charge is 0.494 e. The van der Waals surface area contributed by atoms with Crippen molar-refractivity contribution in [2.45, 2.75) is 13.3 Å². The number of nitrogens with one attached hydrogen (secondary N) is 1. The third-order valence-electron chi connectivity index (χ3n) is 3.92. The van der Waals surface area contributed by atoms with Crippen molar-refractivity contribution in [3.8, 4) is 5.75 Å². The molecule has 0 amide bonds. The molecular formula is C18H24N6O. The van der Waals surface area contributed by atoms with Gasteiger partial charge < -0.3 is 20.7 Å². The van der Waals surface area contributed by atoms with Crippen molar-refractivity contribution in [2.75, 3.05) is 38.3 Å². The molecular weight excluding hydrogens is 316 g/mol. The highest BCUT2D eigenvalue weighted by atomic mass is 16.5. The Morgan fingerprint density at radius 2 is 2.00 bits per heavy atom. The molecule has 132 valence electrons. The number of imidazole rings is 1. The number of rotatable bonds is 7. The third-order valence-corrected chi connectivity index (χ3v) is 3.92. The van der Waals surface area contributed by atoms with E-state index in [0.717, 1.165) is 41.3 Å². The molecule has 0 unspecified atom stereocenters. The van der Waals surface area contributed by atoms with Crippen LogP contribution in [0.1, 0.15) is 12.5 Å². The van der Waals surface area contributed by atoms with Gasteiger partial charge in [-0.05, 0) is 51.7 Å². The second kappa shape index (κ2) is 7.40. The first-order chi connectivity index (χ1) is 12.1. The van der Waals surface area contributed by atoms with Crippen LogP contribution in [0.4, 0.5) is 17.2 Å². The van der Waals surface area contributed by atoms with E-state index in [1.807, 2.05) is 45.3 Å². The van der Waals surface area contributed by atoms with Crippen molar-refractivity contribution in [3.63, 3.8) is 0 Å². The van der Waals surface area contributed by atoms with Crippen molar-refractivity contribution in [1.29, 1.82) is 0 Å². The summed E-state index contributed by atoms with van der Waals surface area (Å²) in [6, 6.07) is 7.85. The third kappa shape index (κ3) is 3.83. The average Bonchev–Trinajstić information content (AvgIpc) is 3.04. The number of likely N-dealkylation sites (N-methyl/N-ethyl adjacent to an activating group) is 1. The van der Waals surface area contributed by atoms with Gasteiger partial charge in [-0.2, -0.15) is 0 Å². The molecule has 2 aromatic heterocycles. The number of ether oxygens (including phenoxy) is 1. The summed E-state index contributed by atoms with van der Waals surface area (Å²) >= 11 is 0. The normalized spacial score (nSPS) is 11.2. The van der Waals surface area contributed by atoms with Gasteiger partial charge >= 0.3 is 0 Å². The number of anilines is 3. The van der Waals surface area contributed by atoms with E-state index in [0.29, 0.717) is 12.4 Å². The van der Waals surface area contributed by atoms with E-state index in [-0.39, 0.29) is 0 Å². The Morgan fingerprint density at radius 3 is 2.68 bits per heavy atom. The van der Waals surface area contributed by atoms with Gasteiger partial charge in [-0.3, -0.25) is 0 Å². The lowest BCUT2D eigenvalue weighted by atomic mass is 10.1. The Bertz CT molecular complexity index is 841. The lowest BCUT2D eigenvalue weighted by Gasteiger charge is -2.17. The van der Waals surface area contributed by atoms with Crippen LogP contribution >= 0.6 is 0 Å². The number of fused-ring (bicyclic) bond motifs is 1.